The summed E-state index contributed by atoms with van der Waals surface area (Å²) in [5, 5.41) is 10.3. The predicted molar refractivity (Wildman–Crippen MR) is 106 cm³/mol. The summed E-state index contributed by atoms with van der Waals surface area (Å²) < 4.78 is 2.08. The molecule has 28 heavy (non-hydrogen) atoms. The Morgan fingerprint density at radius 2 is 1.86 bits per heavy atom. The number of fused-ring (bicyclic) bond motifs is 1. The number of carbonyl (C=O) groups excluding carboxylic acids is 1. The molecule has 4 fully saturated rings. The van der Waals surface area contributed by atoms with Gasteiger partial charge in [-0.15, -0.1) is 0 Å². The Morgan fingerprint density at radius 3 is 2.50 bits per heavy atom. The smallest absolute Gasteiger partial charge is 0.305 e. The average molecular weight is 381 g/mol. The van der Waals surface area contributed by atoms with Crippen LogP contribution in [-0.2, 0) is 16.1 Å². The molecule has 148 valence electrons. The maximum absolute atomic E-state index is 13.1. The molecule has 5 heterocycles. The number of aliphatic carboxylic acids is 1. The molecule has 4 aliphatic heterocycles. The van der Waals surface area contributed by atoms with Crippen molar-refractivity contribution >= 4 is 22.7 Å². The summed E-state index contributed by atoms with van der Waals surface area (Å²) in [5.74, 6) is -0.324. The number of carbonyl (C=O) groups is 2. The van der Waals surface area contributed by atoms with Crippen LogP contribution in [-0.4, -0.2) is 57.4 Å². The van der Waals surface area contributed by atoms with Crippen molar-refractivity contribution < 1.29 is 14.7 Å². The van der Waals surface area contributed by atoms with Gasteiger partial charge in [0.05, 0.1) is 23.4 Å². The molecule has 0 radical (unpaired) electrons. The third kappa shape index (κ3) is 2.34. The molecule has 0 spiro atoms. The van der Waals surface area contributed by atoms with Crippen molar-refractivity contribution in [3.05, 3.63) is 36.0 Å². The van der Waals surface area contributed by atoms with Gasteiger partial charge in [-0.1, -0.05) is 32.0 Å². The topological polar surface area (TPSA) is 65.8 Å². The first kappa shape index (κ1) is 17.9. The van der Waals surface area contributed by atoms with Crippen LogP contribution in [0.1, 0.15) is 38.4 Å². The van der Waals surface area contributed by atoms with Crippen LogP contribution in [0.5, 0.6) is 0 Å². The number of para-hydroxylation sites is 1. The highest BCUT2D eigenvalue weighted by atomic mass is 16.4. The Balaban J connectivity index is 1.57. The minimum atomic E-state index is -0.780. The quantitative estimate of drug-likeness (QED) is 0.863. The highest BCUT2D eigenvalue weighted by Gasteiger charge is 2.63. The fourth-order valence-corrected chi connectivity index (χ4v) is 6.05. The number of piperidine rings is 2. The van der Waals surface area contributed by atoms with E-state index in [2.05, 4.69) is 46.5 Å². The fourth-order valence-electron chi connectivity index (χ4n) is 6.05. The van der Waals surface area contributed by atoms with Crippen molar-refractivity contribution in [1.82, 2.24) is 14.4 Å². The fraction of sp³-hybridized carbons (Fsp3) is 0.545. The number of Topliss-reactive ketones (excluding diaryl/α,β-unsaturated/α-hetero) is 1. The van der Waals surface area contributed by atoms with Crippen LogP contribution in [0.2, 0.25) is 0 Å². The molecular weight excluding hydrogens is 354 g/mol. The van der Waals surface area contributed by atoms with E-state index in [4.69, 9.17) is 5.11 Å². The Kier molecular flexibility index (Phi) is 3.77. The second-order valence-corrected chi connectivity index (χ2v) is 9.15. The van der Waals surface area contributed by atoms with Gasteiger partial charge in [-0.05, 0) is 12.5 Å². The molecule has 2 unspecified atom stereocenters. The second kappa shape index (κ2) is 5.91. The Hall–Kier alpha value is -2.18. The van der Waals surface area contributed by atoms with Crippen molar-refractivity contribution in [2.24, 2.45) is 10.8 Å². The molecule has 6 heteroatoms. The van der Waals surface area contributed by atoms with Gasteiger partial charge in [0.1, 0.15) is 5.78 Å². The molecule has 0 saturated carbocycles. The van der Waals surface area contributed by atoms with Crippen LogP contribution in [0.4, 0.5) is 0 Å². The molecule has 2 aromatic rings. The molecule has 4 saturated heterocycles. The zero-order chi connectivity index (χ0) is 19.7. The molecule has 0 amide bonds. The van der Waals surface area contributed by atoms with E-state index in [1.165, 1.54) is 10.9 Å². The van der Waals surface area contributed by atoms with Gasteiger partial charge in [0.25, 0.3) is 0 Å². The van der Waals surface area contributed by atoms with Crippen LogP contribution in [0, 0.1) is 10.8 Å². The average Bonchev–Trinajstić information content (AvgIpc) is 3.02. The lowest BCUT2D eigenvalue weighted by Gasteiger charge is -2.65. The van der Waals surface area contributed by atoms with E-state index < -0.39 is 5.97 Å². The zero-order valence-corrected chi connectivity index (χ0v) is 16.5. The van der Waals surface area contributed by atoms with E-state index in [1.807, 2.05) is 12.1 Å². The van der Waals surface area contributed by atoms with Gasteiger partial charge < -0.3 is 9.67 Å². The lowest BCUT2D eigenvalue weighted by atomic mass is 9.60. The first-order chi connectivity index (χ1) is 13.4. The number of carboxylic acid groups (broad SMARTS) is 1. The molecule has 6 nitrogen and oxygen atoms in total. The molecule has 1 aromatic heterocycles. The largest absolute Gasteiger partial charge is 0.481 e. The van der Waals surface area contributed by atoms with Crippen LogP contribution >= 0.6 is 0 Å². The van der Waals surface area contributed by atoms with Gasteiger partial charge in [0, 0.05) is 55.4 Å². The predicted octanol–water partition coefficient (Wildman–Crippen LogP) is 2.73. The molecular formula is C22H27N3O3. The number of ketones is 1. The third-order valence-corrected chi connectivity index (χ3v) is 7.18. The van der Waals surface area contributed by atoms with Crippen molar-refractivity contribution in [1.29, 1.82) is 0 Å². The second-order valence-electron chi connectivity index (χ2n) is 9.15. The zero-order valence-electron chi connectivity index (χ0n) is 16.5. The van der Waals surface area contributed by atoms with Crippen molar-refractivity contribution in [2.75, 3.05) is 26.2 Å². The van der Waals surface area contributed by atoms with Gasteiger partial charge >= 0.3 is 5.97 Å². The highest BCUT2D eigenvalue weighted by Crippen LogP contribution is 2.54. The standard InChI is InChI=1S/C22H27N3O3/c1-3-22-13-24-11-21(2,20(22)28)12-25(14-22)19(24)16-10-23(9-8-18(26)27)17-7-5-4-6-15(16)17/h4-7,10,19H,3,8-9,11-14H2,1-2H3,(H,26,27). The van der Waals surface area contributed by atoms with Crippen LogP contribution in [0.15, 0.2) is 30.5 Å². The van der Waals surface area contributed by atoms with Gasteiger partial charge in [-0.3, -0.25) is 19.4 Å². The SMILES string of the molecule is CCC12CN3CC(C)(CN(C1)C3c1cn(CCC(=O)O)c3ccccc13)C2=O. The molecule has 4 bridgehead atoms. The maximum Gasteiger partial charge on any atom is 0.305 e. The molecule has 2 atom stereocenters. The molecule has 1 N–H and O–H groups in total. The van der Waals surface area contributed by atoms with Crippen LogP contribution < -0.4 is 0 Å². The first-order valence-corrected chi connectivity index (χ1v) is 10.2. The monoisotopic (exact) mass is 381 g/mol. The lowest BCUT2D eigenvalue weighted by molar-refractivity contribution is -0.200. The minimum absolute atomic E-state index is 0.113. The van der Waals surface area contributed by atoms with E-state index in [0.29, 0.717) is 12.3 Å². The Labute approximate surface area is 164 Å². The summed E-state index contributed by atoms with van der Waals surface area (Å²) in [6, 6.07) is 8.26. The first-order valence-electron chi connectivity index (χ1n) is 10.2. The van der Waals surface area contributed by atoms with Gasteiger partial charge in [0.2, 0.25) is 0 Å². The summed E-state index contributed by atoms with van der Waals surface area (Å²) in [6.07, 6.45) is 3.31. The summed E-state index contributed by atoms with van der Waals surface area (Å²) in [5.41, 5.74) is 1.82. The Morgan fingerprint density at radius 1 is 1.18 bits per heavy atom. The molecule has 1 aromatic carbocycles. The normalized spacial score (nSPS) is 36.4. The number of aromatic nitrogens is 1. The molecule has 4 aliphatic rings. The van der Waals surface area contributed by atoms with Crippen LogP contribution in [0.25, 0.3) is 10.9 Å². The summed E-state index contributed by atoms with van der Waals surface area (Å²) in [4.78, 5) is 29.2. The van der Waals surface area contributed by atoms with E-state index >= 15 is 0 Å². The molecule has 0 aliphatic carbocycles. The number of benzene rings is 1. The van der Waals surface area contributed by atoms with Crippen molar-refractivity contribution in [2.45, 2.75) is 39.4 Å². The summed E-state index contributed by atoms with van der Waals surface area (Å²) in [6.45, 7) is 8.01. The van der Waals surface area contributed by atoms with E-state index in [0.717, 1.165) is 38.1 Å². The van der Waals surface area contributed by atoms with E-state index in [9.17, 15) is 9.59 Å². The summed E-state index contributed by atoms with van der Waals surface area (Å²) in [7, 11) is 0. The number of carboxylic acids is 1. The number of hydrogen-bond acceptors (Lipinski definition) is 4. The van der Waals surface area contributed by atoms with Crippen LogP contribution in [0.3, 0.4) is 0 Å². The third-order valence-electron chi connectivity index (χ3n) is 7.18. The van der Waals surface area contributed by atoms with Gasteiger partial charge in [-0.2, -0.15) is 0 Å². The maximum atomic E-state index is 13.1. The van der Waals surface area contributed by atoms with Gasteiger partial charge in [0.15, 0.2) is 0 Å². The highest BCUT2D eigenvalue weighted by molar-refractivity contribution is 5.93. The van der Waals surface area contributed by atoms with E-state index in [1.54, 1.807) is 0 Å². The van der Waals surface area contributed by atoms with Crippen molar-refractivity contribution in [3.8, 4) is 0 Å². The number of nitrogens with zero attached hydrogens (tertiary/aromatic N) is 3. The number of hydrogen-bond donors (Lipinski definition) is 1. The van der Waals surface area contributed by atoms with E-state index in [-0.39, 0.29) is 23.4 Å². The summed E-state index contributed by atoms with van der Waals surface area (Å²) >= 11 is 0. The number of rotatable bonds is 5. The molecule has 6 rings (SSSR count). The number of aryl methyl sites for hydroxylation is 1. The Bertz CT molecular complexity index is 963. The lowest BCUT2D eigenvalue weighted by Crippen LogP contribution is -2.75. The minimum Gasteiger partial charge on any atom is -0.481 e. The van der Waals surface area contributed by atoms with Gasteiger partial charge in [-0.25, -0.2) is 0 Å². The van der Waals surface area contributed by atoms with Crippen molar-refractivity contribution in [3.63, 3.8) is 0 Å².